The second kappa shape index (κ2) is 11.4. The van der Waals surface area contributed by atoms with E-state index in [1.54, 1.807) is 0 Å². The zero-order valence-corrected chi connectivity index (χ0v) is 19.9. The van der Waals surface area contributed by atoms with E-state index in [9.17, 15) is 9.18 Å². The Morgan fingerprint density at radius 1 is 0.968 bits per heavy atom. The van der Waals surface area contributed by atoms with Crippen LogP contribution in [-0.4, -0.2) is 30.6 Å². The third kappa shape index (κ3) is 6.39. The van der Waals surface area contributed by atoms with Crippen molar-refractivity contribution in [3.05, 3.63) is 59.2 Å². The molecule has 1 fully saturated rings. The van der Waals surface area contributed by atoms with Crippen LogP contribution >= 0.6 is 0 Å². The number of rotatable bonds is 3. The van der Waals surface area contributed by atoms with Crippen molar-refractivity contribution in [3.8, 4) is 11.1 Å². The van der Waals surface area contributed by atoms with Crippen molar-refractivity contribution in [1.29, 1.82) is 0 Å². The maximum atomic E-state index is 11.3. The molecule has 1 heterocycles. The van der Waals surface area contributed by atoms with Crippen LogP contribution in [0.4, 0.5) is 4.39 Å². The van der Waals surface area contributed by atoms with Gasteiger partial charge in [0.05, 0.1) is 7.18 Å². The normalized spacial score (nSPS) is 18.0. The van der Waals surface area contributed by atoms with Crippen LogP contribution in [0.15, 0.2) is 42.5 Å². The molecule has 4 rings (SSSR count). The lowest BCUT2D eigenvalue weighted by Crippen LogP contribution is -2.42. The molecule has 4 heteroatoms. The lowest BCUT2D eigenvalue weighted by atomic mass is 9.75. The Morgan fingerprint density at radius 3 is 2.13 bits per heavy atom. The van der Waals surface area contributed by atoms with Gasteiger partial charge in [-0.1, -0.05) is 52.0 Å². The summed E-state index contributed by atoms with van der Waals surface area (Å²) in [6.07, 6.45) is 6.49. The molecular weight excluding hydrogens is 387 g/mol. The molecule has 0 aromatic heterocycles. The summed E-state index contributed by atoms with van der Waals surface area (Å²) in [5.41, 5.74) is 11.7. The average Bonchev–Trinajstić information content (AvgIpc) is 2.81. The number of halogens is 1. The Bertz CT molecular complexity index is 835. The van der Waals surface area contributed by atoms with Crippen LogP contribution in [0, 0.1) is 5.41 Å². The highest BCUT2D eigenvalue weighted by atomic mass is 19.1. The van der Waals surface area contributed by atoms with E-state index in [1.165, 1.54) is 48.9 Å². The Kier molecular flexibility index (Phi) is 9.24. The summed E-state index contributed by atoms with van der Waals surface area (Å²) in [4.78, 5) is 14.0. The van der Waals surface area contributed by atoms with Gasteiger partial charge in [0.1, 0.15) is 0 Å². The molecule has 2 aliphatic rings. The molecule has 1 amide bonds. The number of fused-ring (bicyclic) bond motifs is 1. The second-order valence-electron chi connectivity index (χ2n) is 9.04. The number of nitrogens with two attached hydrogens (primary N) is 1. The first kappa shape index (κ1) is 25.1. The largest absolute Gasteiger partial charge is 0.366 e. The Hall–Kier alpha value is -2.20. The highest BCUT2D eigenvalue weighted by Crippen LogP contribution is 2.38. The maximum absolute atomic E-state index is 11.3. The van der Waals surface area contributed by atoms with E-state index < -0.39 is 0 Å². The van der Waals surface area contributed by atoms with Gasteiger partial charge in [-0.05, 0) is 78.0 Å². The Labute approximate surface area is 187 Å². The Balaban J connectivity index is 0.000000807. The minimum Gasteiger partial charge on any atom is -0.366 e. The van der Waals surface area contributed by atoms with Gasteiger partial charge in [-0.3, -0.25) is 14.1 Å². The van der Waals surface area contributed by atoms with Crippen LogP contribution in [0.5, 0.6) is 0 Å². The van der Waals surface area contributed by atoms with Crippen molar-refractivity contribution in [2.45, 2.75) is 72.4 Å². The summed E-state index contributed by atoms with van der Waals surface area (Å²) < 4.78 is 9.50. The molecule has 1 saturated carbocycles. The lowest BCUT2D eigenvalue weighted by Gasteiger charge is -2.42. The van der Waals surface area contributed by atoms with Crippen LogP contribution in [0.25, 0.3) is 11.1 Å². The first-order valence-corrected chi connectivity index (χ1v) is 11.6. The van der Waals surface area contributed by atoms with Crippen molar-refractivity contribution < 1.29 is 9.18 Å². The van der Waals surface area contributed by atoms with Gasteiger partial charge in [0.2, 0.25) is 5.91 Å². The molecule has 2 N–H and O–H groups in total. The van der Waals surface area contributed by atoms with Crippen LogP contribution in [0.3, 0.4) is 0 Å². The number of amides is 1. The number of carbonyl (C=O) groups is 1. The van der Waals surface area contributed by atoms with Crippen molar-refractivity contribution in [2.75, 3.05) is 13.7 Å². The molecule has 0 saturated heterocycles. The summed E-state index contributed by atoms with van der Waals surface area (Å²) in [7, 11) is 0.500. The molecule has 2 aromatic rings. The van der Waals surface area contributed by atoms with Gasteiger partial charge in [-0.15, -0.1) is 0 Å². The van der Waals surface area contributed by atoms with E-state index in [-0.39, 0.29) is 5.91 Å². The lowest BCUT2D eigenvalue weighted by molar-refractivity contribution is 0.0966. The number of primary amides is 1. The molecule has 0 bridgehead atoms. The molecule has 0 atom stereocenters. The molecule has 1 aliphatic heterocycles. The van der Waals surface area contributed by atoms with E-state index in [1.807, 2.05) is 38.1 Å². The fourth-order valence-corrected chi connectivity index (χ4v) is 4.65. The molecule has 31 heavy (non-hydrogen) atoms. The number of alkyl halides is 1. The topological polar surface area (TPSA) is 46.3 Å². The summed E-state index contributed by atoms with van der Waals surface area (Å²) in [6.45, 7) is 11.1. The summed E-state index contributed by atoms with van der Waals surface area (Å²) in [5.74, 6) is -0.377. The van der Waals surface area contributed by atoms with Crippen LogP contribution < -0.4 is 5.73 Å². The number of carbonyl (C=O) groups excluding carboxylic acids is 1. The monoisotopic (exact) mass is 426 g/mol. The highest BCUT2D eigenvalue weighted by molar-refractivity contribution is 5.93. The summed E-state index contributed by atoms with van der Waals surface area (Å²) in [5, 5.41) is 0. The van der Waals surface area contributed by atoms with E-state index >= 15 is 0 Å². The first-order chi connectivity index (χ1) is 14.9. The Morgan fingerprint density at radius 2 is 1.55 bits per heavy atom. The smallest absolute Gasteiger partial charge is 0.248 e. The van der Waals surface area contributed by atoms with E-state index in [0.29, 0.717) is 18.2 Å². The quantitative estimate of drug-likeness (QED) is 0.618. The van der Waals surface area contributed by atoms with Crippen molar-refractivity contribution in [1.82, 2.24) is 4.90 Å². The maximum Gasteiger partial charge on any atom is 0.248 e. The molecular formula is C27H39FN2O. The molecule has 170 valence electrons. The van der Waals surface area contributed by atoms with Crippen LogP contribution in [-0.2, 0) is 13.0 Å². The van der Waals surface area contributed by atoms with Gasteiger partial charge < -0.3 is 5.73 Å². The SMILES string of the molecule is CC.CC1(C)CCC(N2CCc3ccc(-c4ccc(C(N)=O)cc4)cc3C2)CC1.CF. The van der Waals surface area contributed by atoms with Gasteiger partial charge in [-0.25, -0.2) is 0 Å². The van der Waals surface area contributed by atoms with Gasteiger partial charge in [0.25, 0.3) is 0 Å². The van der Waals surface area contributed by atoms with Gasteiger partial charge in [0, 0.05) is 24.7 Å². The molecule has 1 aliphatic carbocycles. The van der Waals surface area contributed by atoms with Gasteiger partial charge >= 0.3 is 0 Å². The van der Waals surface area contributed by atoms with Gasteiger partial charge in [0.15, 0.2) is 0 Å². The van der Waals surface area contributed by atoms with Crippen molar-refractivity contribution >= 4 is 5.91 Å². The van der Waals surface area contributed by atoms with E-state index in [2.05, 4.69) is 36.9 Å². The van der Waals surface area contributed by atoms with Crippen molar-refractivity contribution in [2.24, 2.45) is 11.1 Å². The minimum absolute atomic E-state index is 0.377. The van der Waals surface area contributed by atoms with Gasteiger partial charge in [-0.2, -0.15) is 0 Å². The predicted octanol–water partition coefficient (Wildman–Crippen LogP) is 6.39. The third-order valence-electron chi connectivity index (χ3n) is 6.58. The highest BCUT2D eigenvalue weighted by Gasteiger charge is 2.31. The average molecular weight is 427 g/mol. The number of nitrogens with zero attached hydrogens (tertiary/aromatic N) is 1. The number of benzene rings is 2. The van der Waals surface area contributed by atoms with Crippen LogP contribution in [0.2, 0.25) is 0 Å². The molecule has 0 unspecified atom stereocenters. The van der Waals surface area contributed by atoms with Crippen LogP contribution in [0.1, 0.15) is 74.9 Å². The first-order valence-electron chi connectivity index (χ1n) is 11.6. The zero-order chi connectivity index (χ0) is 23.0. The fourth-order valence-electron chi connectivity index (χ4n) is 4.65. The number of hydrogen-bond donors (Lipinski definition) is 1. The van der Waals surface area contributed by atoms with E-state index in [0.717, 1.165) is 24.6 Å². The molecule has 0 radical (unpaired) electrons. The van der Waals surface area contributed by atoms with Crippen molar-refractivity contribution in [3.63, 3.8) is 0 Å². The number of hydrogen-bond acceptors (Lipinski definition) is 2. The predicted molar refractivity (Wildman–Crippen MR) is 129 cm³/mol. The third-order valence-corrected chi connectivity index (χ3v) is 6.58. The fraction of sp³-hybridized carbons (Fsp3) is 0.519. The molecule has 2 aromatic carbocycles. The summed E-state index contributed by atoms with van der Waals surface area (Å²) in [6, 6.07) is 15.2. The zero-order valence-electron chi connectivity index (χ0n) is 19.9. The molecule has 0 spiro atoms. The van der Waals surface area contributed by atoms with E-state index in [4.69, 9.17) is 5.73 Å². The summed E-state index contributed by atoms with van der Waals surface area (Å²) >= 11 is 0. The second-order valence-corrected chi connectivity index (χ2v) is 9.04. The molecule has 3 nitrogen and oxygen atoms in total. The standard InChI is InChI=1S/C24H30N2O.C2H6.CH3F/c1-24(2)12-9-22(10-13-24)26-14-11-18-5-8-20(15-21(18)16-26)17-3-6-19(7-4-17)23(25)27;2*1-2/h3-8,15,22H,9-14,16H2,1-2H3,(H2,25,27);1-2H3;1H3. The minimum atomic E-state index is -0.377.